The Bertz CT molecular complexity index is 973. The van der Waals surface area contributed by atoms with Crippen LogP contribution in [-0.2, 0) is 17.7 Å². The molecule has 3 rings (SSSR count). The van der Waals surface area contributed by atoms with Crippen LogP contribution in [0.4, 0.5) is 0 Å². The summed E-state index contributed by atoms with van der Waals surface area (Å²) in [7, 11) is 1.59. The molecule has 0 aliphatic heterocycles. The summed E-state index contributed by atoms with van der Waals surface area (Å²) in [6.45, 7) is 2.77. The maximum atomic E-state index is 13.0. The van der Waals surface area contributed by atoms with E-state index in [0.29, 0.717) is 30.2 Å². The van der Waals surface area contributed by atoms with E-state index < -0.39 is 5.97 Å². The minimum absolute atomic E-state index is 0.00782. The van der Waals surface area contributed by atoms with Gasteiger partial charge in [-0.05, 0) is 12.5 Å². The third-order valence-corrected chi connectivity index (χ3v) is 4.87. The van der Waals surface area contributed by atoms with Gasteiger partial charge >= 0.3 is 5.97 Å². The van der Waals surface area contributed by atoms with Crippen LogP contribution >= 0.6 is 11.3 Å². The van der Waals surface area contributed by atoms with Gasteiger partial charge in [-0.25, -0.2) is 9.78 Å². The highest BCUT2D eigenvalue weighted by molar-refractivity contribution is 7.17. The van der Waals surface area contributed by atoms with Crippen LogP contribution < -0.4 is 5.56 Å². The molecule has 0 unspecified atom stereocenters. The van der Waals surface area contributed by atoms with Gasteiger partial charge in [-0.1, -0.05) is 29.8 Å². The minimum atomic E-state index is -1.11. The van der Waals surface area contributed by atoms with E-state index >= 15 is 0 Å². The molecule has 0 saturated carbocycles. The normalized spacial score (nSPS) is 11.1. The summed E-state index contributed by atoms with van der Waals surface area (Å²) >= 11 is 1.17. The number of methoxy groups -OCH3 is 1. The molecule has 0 aliphatic rings. The number of hydrogen-bond donors (Lipinski definition) is 1. The van der Waals surface area contributed by atoms with E-state index in [1.54, 1.807) is 11.7 Å². The molecule has 7 heteroatoms. The number of rotatable bonds is 6. The number of thiophene rings is 1. The molecule has 0 fully saturated rings. The maximum absolute atomic E-state index is 13.0. The molecule has 0 saturated heterocycles. The Morgan fingerprint density at radius 1 is 1.32 bits per heavy atom. The first-order chi connectivity index (χ1) is 12.0. The summed E-state index contributed by atoms with van der Waals surface area (Å²) in [5, 5.41) is 11.0. The van der Waals surface area contributed by atoms with Gasteiger partial charge in [0.25, 0.3) is 5.56 Å². The molecule has 1 aromatic carbocycles. The Labute approximate surface area is 148 Å². The standard InChI is InChI=1S/C18H18N2O4S/c1-11-3-5-12(6-4-11)9-20-14(7-8-24-2)19-16-15(17(20)21)13(10-25-16)18(22)23/h3-6,10H,7-9H2,1-2H3,(H,22,23). The highest BCUT2D eigenvalue weighted by atomic mass is 32.1. The molecule has 25 heavy (non-hydrogen) atoms. The summed E-state index contributed by atoms with van der Waals surface area (Å²) < 4.78 is 6.66. The molecule has 2 aromatic heterocycles. The molecular weight excluding hydrogens is 340 g/mol. The summed E-state index contributed by atoms with van der Waals surface area (Å²) in [5.74, 6) is -0.518. The molecule has 0 amide bonds. The third-order valence-electron chi connectivity index (χ3n) is 3.99. The van der Waals surface area contributed by atoms with Crippen molar-refractivity contribution in [3.8, 4) is 0 Å². The van der Waals surface area contributed by atoms with Gasteiger partial charge in [-0.3, -0.25) is 9.36 Å². The minimum Gasteiger partial charge on any atom is -0.478 e. The predicted octanol–water partition coefficient (Wildman–Crippen LogP) is 2.70. The molecule has 0 bridgehead atoms. The van der Waals surface area contributed by atoms with E-state index in [1.807, 2.05) is 31.2 Å². The average Bonchev–Trinajstić information content (AvgIpc) is 3.02. The van der Waals surface area contributed by atoms with Gasteiger partial charge in [0.1, 0.15) is 10.7 Å². The second kappa shape index (κ2) is 7.16. The first-order valence-electron chi connectivity index (χ1n) is 7.80. The Morgan fingerprint density at radius 2 is 2.04 bits per heavy atom. The zero-order valence-electron chi connectivity index (χ0n) is 14.0. The SMILES string of the molecule is COCCc1nc2scc(C(=O)O)c2c(=O)n1Cc1ccc(C)cc1. The number of aryl methyl sites for hydroxylation is 1. The number of carboxylic acid groups (broad SMARTS) is 1. The van der Waals surface area contributed by atoms with Crippen LogP contribution in [0.15, 0.2) is 34.4 Å². The van der Waals surface area contributed by atoms with Crippen molar-refractivity contribution in [2.75, 3.05) is 13.7 Å². The van der Waals surface area contributed by atoms with Gasteiger partial charge in [0, 0.05) is 18.9 Å². The number of carbonyl (C=O) groups is 1. The monoisotopic (exact) mass is 358 g/mol. The maximum Gasteiger partial charge on any atom is 0.337 e. The zero-order chi connectivity index (χ0) is 18.0. The highest BCUT2D eigenvalue weighted by Gasteiger charge is 2.19. The lowest BCUT2D eigenvalue weighted by molar-refractivity contribution is 0.0699. The number of carboxylic acids is 1. The largest absolute Gasteiger partial charge is 0.478 e. The fourth-order valence-electron chi connectivity index (χ4n) is 2.65. The van der Waals surface area contributed by atoms with E-state index in [9.17, 15) is 14.7 Å². The predicted molar refractivity (Wildman–Crippen MR) is 96.7 cm³/mol. The number of benzene rings is 1. The van der Waals surface area contributed by atoms with Crippen molar-refractivity contribution in [3.63, 3.8) is 0 Å². The van der Waals surface area contributed by atoms with Crippen molar-refractivity contribution in [2.24, 2.45) is 0 Å². The van der Waals surface area contributed by atoms with Crippen molar-refractivity contribution in [1.82, 2.24) is 9.55 Å². The summed E-state index contributed by atoms with van der Waals surface area (Å²) in [6, 6.07) is 7.87. The summed E-state index contributed by atoms with van der Waals surface area (Å²) in [5.41, 5.74) is 1.78. The Morgan fingerprint density at radius 3 is 2.68 bits per heavy atom. The molecule has 6 nitrogen and oxygen atoms in total. The van der Waals surface area contributed by atoms with E-state index in [1.165, 1.54) is 16.7 Å². The molecule has 130 valence electrons. The molecular formula is C18H18N2O4S. The topological polar surface area (TPSA) is 81.4 Å². The lowest BCUT2D eigenvalue weighted by Gasteiger charge is -2.13. The zero-order valence-corrected chi connectivity index (χ0v) is 14.8. The molecule has 2 heterocycles. The van der Waals surface area contributed by atoms with Crippen LogP contribution in [0.25, 0.3) is 10.2 Å². The van der Waals surface area contributed by atoms with Crippen molar-refractivity contribution >= 4 is 27.5 Å². The number of hydrogen-bond acceptors (Lipinski definition) is 5. The van der Waals surface area contributed by atoms with Gasteiger partial charge in [0.2, 0.25) is 0 Å². The number of fused-ring (bicyclic) bond motifs is 1. The third kappa shape index (κ3) is 3.47. The molecule has 1 N–H and O–H groups in total. The first-order valence-corrected chi connectivity index (χ1v) is 8.68. The number of ether oxygens (including phenoxy) is 1. The van der Waals surface area contributed by atoms with Crippen LogP contribution in [0, 0.1) is 6.92 Å². The van der Waals surface area contributed by atoms with Crippen LogP contribution in [0.2, 0.25) is 0 Å². The smallest absolute Gasteiger partial charge is 0.337 e. The molecule has 0 aliphatic carbocycles. The Balaban J connectivity index is 2.16. The van der Waals surface area contributed by atoms with Crippen molar-refractivity contribution < 1.29 is 14.6 Å². The summed E-state index contributed by atoms with van der Waals surface area (Å²) in [6.07, 6.45) is 0.480. The fourth-order valence-corrected chi connectivity index (χ4v) is 3.57. The average molecular weight is 358 g/mol. The fraction of sp³-hybridized carbons (Fsp3) is 0.278. The van der Waals surface area contributed by atoms with Gasteiger partial charge in [0.05, 0.1) is 24.1 Å². The van der Waals surface area contributed by atoms with Crippen LogP contribution in [-0.4, -0.2) is 34.3 Å². The quantitative estimate of drug-likeness (QED) is 0.733. The molecule has 0 spiro atoms. The molecule has 0 atom stereocenters. The van der Waals surface area contributed by atoms with E-state index in [2.05, 4.69) is 4.98 Å². The van der Waals surface area contributed by atoms with Crippen LogP contribution in [0.5, 0.6) is 0 Å². The van der Waals surface area contributed by atoms with E-state index in [4.69, 9.17) is 4.74 Å². The molecule has 0 radical (unpaired) electrons. The Kier molecular flexibility index (Phi) is 4.96. The second-order valence-electron chi connectivity index (χ2n) is 5.78. The van der Waals surface area contributed by atoms with Crippen molar-refractivity contribution in [1.29, 1.82) is 0 Å². The second-order valence-corrected chi connectivity index (χ2v) is 6.64. The van der Waals surface area contributed by atoms with Gasteiger partial charge in [0.15, 0.2) is 0 Å². The lowest BCUT2D eigenvalue weighted by Crippen LogP contribution is -2.27. The van der Waals surface area contributed by atoms with Gasteiger partial charge in [-0.2, -0.15) is 0 Å². The molecule has 3 aromatic rings. The van der Waals surface area contributed by atoms with Crippen molar-refractivity contribution in [2.45, 2.75) is 19.9 Å². The number of aromatic nitrogens is 2. The van der Waals surface area contributed by atoms with E-state index in [-0.39, 0.29) is 16.5 Å². The van der Waals surface area contributed by atoms with Crippen LogP contribution in [0.1, 0.15) is 27.3 Å². The van der Waals surface area contributed by atoms with Crippen molar-refractivity contribution in [3.05, 3.63) is 62.5 Å². The summed E-state index contributed by atoms with van der Waals surface area (Å²) in [4.78, 5) is 29.4. The first kappa shape index (κ1) is 17.3. The Hall–Kier alpha value is -2.51. The van der Waals surface area contributed by atoms with Crippen LogP contribution in [0.3, 0.4) is 0 Å². The number of nitrogens with zero attached hydrogens (tertiary/aromatic N) is 2. The van der Waals surface area contributed by atoms with Gasteiger partial charge < -0.3 is 9.84 Å². The van der Waals surface area contributed by atoms with Gasteiger partial charge in [-0.15, -0.1) is 11.3 Å². The number of aromatic carboxylic acids is 1. The van der Waals surface area contributed by atoms with E-state index in [0.717, 1.165) is 11.1 Å². The lowest BCUT2D eigenvalue weighted by atomic mass is 10.1. The highest BCUT2D eigenvalue weighted by Crippen LogP contribution is 2.22.